The van der Waals surface area contributed by atoms with E-state index in [0.717, 1.165) is 31.2 Å². The molecule has 2 aromatic rings. The number of aromatic nitrogens is 2. The van der Waals surface area contributed by atoms with Gasteiger partial charge in [0.25, 0.3) is 11.8 Å². The molecule has 10 heteroatoms. The van der Waals surface area contributed by atoms with Gasteiger partial charge in [-0.2, -0.15) is 5.10 Å². The standard InChI is InChI=1S/C25H33N5O5/c1-5-29-23(32)20-13-19(22(31)26-14-16-12-18(34-3)10-11-21(16)35-4)28-30(20)15-25(29,2)24(33)27-17-8-6-7-9-17/h10-13,17H,5-9,14-15H2,1-4H3,(H,26,31)(H,27,33)/t25-/m1/s1. The number of fused-ring (bicyclic) bond motifs is 1. The minimum atomic E-state index is -1.09. The highest BCUT2D eigenvalue weighted by atomic mass is 16.5. The van der Waals surface area contributed by atoms with Crippen LogP contribution in [0.5, 0.6) is 11.5 Å². The number of amides is 3. The predicted molar refractivity (Wildman–Crippen MR) is 128 cm³/mol. The quantitative estimate of drug-likeness (QED) is 0.595. The van der Waals surface area contributed by atoms with Crippen LogP contribution in [-0.4, -0.2) is 64.7 Å². The Balaban J connectivity index is 1.52. The third-order valence-corrected chi connectivity index (χ3v) is 6.95. The fraction of sp³-hybridized carbons (Fsp3) is 0.520. The highest BCUT2D eigenvalue weighted by Gasteiger charge is 2.48. The van der Waals surface area contributed by atoms with Gasteiger partial charge < -0.3 is 25.0 Å². The van der Waals surface area contributed by atoms with E-state index in [0.29, 0.717) is 23.7 Å². The van der Waals surface area contributed by atoms with Crippen LogP contribution in [0.15, 0.2) is 24.3 Å². The molecular weight excluding hydrogens is 450 g/mol. The van der Waals surface area contributed by atoms with Gasteiger partial charge in [0.05, 0.1) is 20.8 Å². The van der Waals surface area contributed by atoms with E-state index in [1.165, 1.54) is 10.7 Å². The van der Waals surface area contributed by atoms with Crippen molar-refractivity contribution in [2.45, 2.75) is 64.2 Å². The molecule has 0 spiro atoms. The molecule has 1 saturated carbocycles. The number of hydrogen-bond donors (Lipinski definition) is 2. The van der Waals surface area contributed by atoms with E-state index in [9.17, 15) is 14.4 Å². The average molecular weight is 484 g/mol. The maximum Gasteiger partial charge on any atom is 0.273 e. The maximum absolute atomic E-state index is 13.3. The Morgan fingerprint density at radius 2 is 1.91 bits per heavy atom. The summed E-state index contributed by atoms with van der Waals surface area (Å²) in [7, 11) is 3.12. The van der Waals surface area contributed by atoms with Gasteiger partial charge in [0, 0.05) is 30.8 Å². The molecule has 1 aromatic heterocycles. The zero-order chi connectivity index (χ0) is 25.2. The predicted octanol–water partition coefficient (Wildman–Crippen LogP) is 2.12. The topological polar surface area (TPSA) is 115 Å². The minimum Gasteiger partial charge on any atom is -0.497 e. The zero-order valence-electron chi connectivity index (χ0n) is 20.7. The summed E-state index contributed by atoms with van der Waals surface area (Å²) in [4.78, 5) is 41.0. The molecule has 1 aromatic carbocycles. The summed E-state index contributed by atoms with van der Waals surface area (Å²) in [5.74, 6) is 0.339. The normalized spacial score (nSPS) is 19.9. The Bertz CT molecular complexity index is 1120. The van der Waals surface area contributed by atoms with E-state index < -0.39 is 11.4 Å². The van der Waals surface area contributed by atoms with Crippen molar-refractivity contribution in [2.75, 3.05) is 20.8 Å². The first-order valence-corrected chi connectivity index (χ1v) is 12.0. The summed E-state index contributed by atoms with van der Waals surface area (Å²) in [6, 6.07) is 6.96. The van der Waals surface area contributed by atoms with Gasteiger partial charge in [0.2, 0.25) is 5.91 Å². The van der Waals surface area contributed by atoms with Crippen LogP contribution in [0.4, 0.5) is 0 Å². The second-order valence-corrected chi connectivity index (χ2v) is 9.21. The second kappa shape index (κ2) is 9.97. The Labute approximate surface area is 204 Å². The molecule has 2 N–H and O–H groups in total. The molecule has 0 unspecified atom stereocenters. The van der Waals surface area contributed by atoms with Gasteiger partial charge in [-0.05, 0) is 44.9 Å². The van der Waals surface area contributed by atoms with Gasteiger partial charge >= 0.3 is 0 Å². The Kier molecular flexibility index (Phi) is 7.00. The lowest BCUT2D eigenvalue weighted by Crippen LogP contribution is -2.64. The molecule has 10 nitrogen and oxygen atoms in total. The van der Waals surface area contributed by atoms with Gasteiger partial charge in [-0.15, -0.1) is 0 Å². The first-order valence-electron chi connectivity index (χ1n) is 12.0. The van der Waals surface area contributed by atoms with E-state index in [1.54, 1.807) is 44.2 Å². The Morgan fingerprint density at radius 1 is 1.17 bits per heavy atom. The number of nitrogens with one attached hydrogen (secondary N) is 2. The summed E-state index contributed by atoms with van der Waals surface area (Å²) >= 11 is 0. The third kappa shape index (κ3) is 4.69. The van der Waals surface area contributed by atoms with Crippen LogP contribution >= 0.6 is 0 Å². The van der Waals surface area contributed by atoms with Crippen LogP contribution in [0, 0.1) is 0 Å². The lowest BCUT2D eigenvalue weighted by atomic mass is 9.94. The number of nitrogens with zero attached hydrogens (tertiary/aromatic N) is 3. The first-order chi connectivity index (χ1) is 16.8. The molecule has 1 aliphatic heterocycles. The molecule has 0 radical (unpaired) electrons. The number of hydrogen-bond acceptors (Lipinski definition) is 6. The second-order valence-electron chi connectivity index (χ2n) is 9.21. The largest absolute Gasteiger partial charge is 0.497 e. The van der Waals surface area contributed by atoms with Gasteiger partial charge in [0.15, 0.2) is 5.69 Å². The van der Waals surface area contributed by atoms with E-state index >= 15 is 0 Å². The number of benzene rings is 1. The van der Waals surface area contributed by atoms with Crippen LogP contribution in [0.3, 0.4) is 0 Å². The highest BCUT2D eigenvalue weighted by Crippen LogP contribution is 2.29. The SMILES string of the molecule is CCN1C(=O)c2cc(C(=O)NCc3cc(OC)ccc3OC)nn2C[C@]1(C)C(=O)NC1CCCC1. The summed E-state index contributed by atoms with van der Waals surface area (Å²) in [6.07, 6.45) is 4.11. The van der Waals surface area contributed by atoms with Gasteiger partial charge in [0.1, 0.15) is 22.7 Å². The van der Waals surface area contributed by atoms with Crippen molar-refractivity contribution in [1.82, 2.24) is 25.3 Å². The van der Waals surface area contributed by atoms with E-state index in [1.807, 2.05) is 6.92 Å². The van der Waals surface area contributed by atoms with Gasteiger partial charge in [-0.25, -0.2) is 0 Å². The van der Waals surface area contributed by atoms with E-state index in [4.69, 9.17) is 9.47 Å². The summed E-state index contributed by atoms with van der Waals surface area (Å²) in [5, 5.41) is 10.3. The van der Waals surface area contributed by atoms with Crippen molar-refractivity contribution in [1.29, 1.82) is 0 Å². The lowest BCUT2D eigenvalue weighted by molar-refractivity contribution is -0.133. The molecule has 35 heavy (non-hydrogen) atoms. The molecule has 2 heterocycles. The van der Waals surface area contributed by atoms with Crippen LogP contribution < -0.4 is 20.1 Å². The van der Waals surface area contributed by atoms with Crippen LogP contribution in [-0.2, 0) is 17.9 Å². The van der Waals surface area contributed by atoms with Crippen molar-refractivity contribution in [3.63, 3.8) is 0 Å². The molecule has 0 saturated heterocycles. The molecular formula is C25H33N5O5. The highest BCUT2D eigenvalue weighted by molar-refractivity contribution is 6.01. The summed E-state index contributed by atoms with van der Waals surface area (Å²) < 4.78 is 12.1. The number of ether oxygens (including phenoxy) is 2. The Hall–Kier alpha value is -3.56. The van der Waals surface area contributed by atoms with Crippen LogP contribution in [0.25, 0.3) is 0 Å². The summed E-state index contributed by atoms with van der Waals surface area (Å²) in [5.41, 5.74) is 0.0668. The smallest absolute Gasteiger partial charge is 0.273 e. The van der Waals surface area contributed by atoms with Crippen LogP contribution in [0.2, 0.25) is 0 Å². The summed E-state index contributed by atoms with van der Waals surface area (Å²) in [6.45, 7) is 4.35. The van der Waals surface area contributed by atoms with Crippen molar-refractivity contribution in [2.24, 2.45) is 0 Å². The first kappa shape index (κ1) is 24.6. The number of carbonyl (C=O) groups is 3. The van der Waals surface area contributed by atoms with E-state index in [2.05, 4.69) is 15.7 Å². The minimum absolute atomic E-state index is 0.117. The van der Waals surface area contributed by atoms with E-state index in [-0.39, 0.29) is 36.6 Å². The molecule has 4 rings (SSSR count). The molecule has 2 aliphatic rings. The molecule has 1 atom stereocenters. The fourth-order valence-corrected chi connectivity index (χ4v) is 4.94. The van der Waals surface area contributed by atoms with Crippen molar-refractivity contribution < 1.29 is 23.9 Å². The monoisotopic (exact) mass is 483 g/mol. The lowest BCUT2D eigenvalue weighted by Gasteiger charge is -2.43. The number of carbonyl (C=O) groups excluding carboxylic acids is 3. The Morgan fingerprint density at radius 3 is 2.57 bits per heavy atom. The van der Waals surface area contributed by atoms with Crippen molar-refractivity contribution in [3.05, 3.63) is 41.2 Å². The molecule has 1 aliphatic carbocycles. The number of rotatable bonds is 8. The molecule has 0 bridgehead atoms. The number of methoxy groups -OCH3 is 2. The maximum atomic E-state index is 13.3. The third-order valence-electron chi connectivity index (χ3n) is 6.95. The fourth-order valence-electron chi connectivity index (χ4n) is 4.94. The van der Waals surface area contributed by atoms with Crippen molar-refractivity contribution in [3.8, 4) is 11.5 Å². The van der Waals surface area contributed by atoms with Crippen molar-refractivity contribution >= 4 is 17.7 Å². The molecule has 1 fully saturated rings. The average Bonchev–Trinajstić information content (AvgIpc) is 3.52. The van der Waals surface area contributed by atoms with Gasteiger partial charge in [-0.3, -0.25) is 19.1 Å². The molecule has 188 valence electrons. The zero-order valence-corrected chi connectivity index (χ0v) is 20.7. The van der Waals surface area contributed by atoms with Crippen LogP contribution in [0.1, 0.15) is 66.1 Å². The molecule has 3 amide bonds. The van der Waals surface area contributed by atoms with Gasteiger partial charge in [-0.1, -0.05) is 12.8 Å². The number of likely N-dealkylation sites (N-methyl/N-ethyl adjacent to an activating group) is 1.